The van der Waals surface area contributed by atoms with Crippen LogP contribution in [0.5, 0.6) is 0 Å². The minimum absolute atomic E-state index is 0.0424. The van der Waals surface area contributed by atoms with Gasteiger partial charge in [0.2, 0.25) is 15.9 Å². The lowest BCUT2D eigenvalue weighted by Crippen LogP contribution is -2.65. The average molecular weight is 392 g/mol. The number of hydrogen-bond acceptors (Lipinski definition) is 6. The Kier molecular flexibility index (Phi) is 5.85. The van der Waals surface area contributed by atoms with Gasteiger partial charge in [-0.05, 0) is 25.3 Å². The van der Waals surface area contributed by atoms with E-state index in [1.54, 1.807) is 6.92 Å². The zero-order chi connectivity index (χ0) is 19.3. The van der Waals surface area contributed by atoms with Crippen molar-refractivity contribution < 1.29 is 13.2 Å². The molecule has 1 aliphatic heterocycles. The van der Waals surface area contributed by atoms with Gasteiger partial charge in [-0.3, -0.25) is 4.79 Å². The van der Waals surface area contributed by atoms with Crippen molar-refractivity contribution in [3.8, 4) is 0 Å². The lowest BCUT2D eigenvalue weighted by molar-refractivity contribution is -0.137. The third-order valence-corrected chi connectivity index (χ3v) is 6.61. The third kappa shape index (κ3) is 4.51. The maximum atomic E-state index is 12.9. The Morgan fingerprint density at radius 1 is 1.30 bits per heavy atom. The van der Waals surface area contributed by atoms with Gasteiger partial charge in [0.15, 0.2) is 5.82 Å². The summed E-state index contributed by atoms with van der Waals surface area (Å²) in [6, 6.07) is 9.68. The number of hydrogen-bond donors (Lipinski definition) is 2. The molecule has 0 saturated carbocycles. The molecule has 2 aromatic rings. The molecule has 1 saturated heterocycles. The van der Waals surface area contributed by atoms with Crippen LogP contribution < -0.4 is 5.32 Å². The summed E-state index contributed by atoms with van der Waals surface area (Å²) in [5.74, 6) is 0.537. The predicted octanol–water partition coefficient (Wildman–Crippen LogP) is 0.143. The Morgan fingerprint density at radius 2 is 2.04 bits per heavy atom. The average Bonchev–Trinajstić information content (AvgIpc) is 3.15. The zero-order valence-electron chi connectivity index (χ0n) is 15.3. The number of H-pyrrole nitrogens is 1. The molecular formula is C17H24N6O3S. The second kappa shape index (κ2) is 8.13. The molecule has 0 bridgehead atoms. The van der Waals surface area contributed by atoms with Crippen LogP contribution in [-0.4, -0.2) is 64.6 Å². The second-order valence-corrected chi connectivity index (χ2v) is 9.06. The van der Waals surface area contributed by atoms with Gasteiger partial charge in [0.05, 0.1) is 11.2 Å². The fraction of sp³-hybridized carbons (Fsp3) is 0.529. The van der Waals surface area contributed by atoms with Crippen molar-refractivity contribution >= 4 is 15.9 Å². The van der Waals surface area contributed by atoms with Gasteiger partial charge in [-0.1, -0.05) is 35.5 Å². The number of aromatic nitrogens is 4. The largest absolute Gasteiger partial charge is 0.356 e. The highest BCUT2D eigenvalue weighted by molar-refractivity contribution is 7.89. The number of benzene rings is 1. The molecule has 1 aromatic carbocycles. The summed E-state index contributed by atoms with van der Waals surface area (Å²) in [6.07, 6.45) is 1.81. The second-order valence-electron chi connectivity index (χ2n) is 6.80. The number of nitrogens with zero attached hydrogens (tertiary/aromatic N) is 4. The monoisotopic (exact) mass is 392 g/mol. The summed E-state index contributed by atoms with van der Waals surface area (Å²) < 4.78 is 25.6. The van der Waals surface area contributed by atoms with Crippen LogP contribution >= 0.6 is 0 Å². The maximum Gasteiger partial charge on any atom is 0.229 e. The molecule has 146 valence electrons. The molecule has 1 fully saturated rings. The predicted molar refractivity (Wildman–Crippen MR) is 99.1 cm³/mol. The van der Waals surface area contributed by atoms with Gasteiger partial charge in [-0.2, -0.15) is 9.52 Å². The van der Waals surface area contributed by atoms with Crippen LogP contribution in [0.3, 0.4) is 0 Å². The minimum Gasteiger partial charge on any atom is -0.356 e. The highest BCUT2D eigenvalue weighted by atomic mass is 32.2. The summed E-state index contributed by atoms with van der Waals surface area (Å²) in [6.45, 7) is 2.53. The van der Waals surface area contributed by atoms with Gasteiger partial charge in [0.1, 0.15) is 0 Å². The molecule has 0 unspecified atom stereocenters. The molecule has 0 aliphatic carbocycles. The van der Waals surface area contributed by atoms with Crippen LogP contribution in [0.1, 0.15) is 24.7 Å². The smallest absolute Gasteiger partial charge is 0.229 e. The van der Waals surface area contributed by atoms with E-state index >= 15 is 0 Å². The molecule has 27 heavy (non-hydrogen) atoms. The molecule has 1 aliphatic rings. The summed E-state index contributed by atoms with van der Waals surface area (Å²) in [4.78, 5) is 12.9. The van der Waals surface area contributed by atoms with Gasteiger partial charge >= 0.3 is 0 Å². The lowest BCUT2D eigenvalue weighted by atomic mass is 9.75. The SMILES string of the molecule is CCS(=O)(=O)N1CC(Cc2ccccc2)(C(=O)NCCCc2nn[nH]n2)C1. The van der Waals surface area contributed by atoms with E-state index in [-0.39, 0.29) is 24.7 Å². The quantitative estimate of drug-likeness (QED) is 0.586. The first-order valence-corrected chi connectivity index (χ1v) is 10.6. The van der Waals surface area contributed by atoms with E-state index < -0.39 is 15.4 Å². The minimum atomic E-state index is -3.29. The Labute approximate surface area is 158 Å². The fourth-order valence-electron chi connectivity index (χ4n) is 3.25. The molecule has 0 atom stereocenters. The molecule has 3 rings (SSSR count). The summed E-state index contributed by atoms with van der Waals surface area (Å²) >= 11 is 0. The topological polar surface area (TPSA) is 121 Å². The zero-order valence-corrected chi connectivity index (χ0v) is 16.1. The number of amides is 1. The van der Waals surface area contributed by atoms with Gasteiger partial charge in [0.25, 0.3) is 0 Å². The first-order chi connectivity index (χ1) is 13.0. The molecule has 0 spiro atoms. The van der Waals surface area contributed by atoms with Crippen molar-refractivity contribution in [2.24, 2.45) is 5.41 Å². The van der Waals surface area contributed by atoms with Crippen LogP contribution in [0.4, 0.5) is 0 Å². The van der Waals surface area contributed by atoms with E-state index in [1.165, 1.54) is 4.31 Å². The fourth-order valence-corrected chi connectivity index (χ4v) is 4.51. The number of carbonyl (C=O) groups is 1. The molecule has 2 heterocycles. The molecule has 1 amide bonds. The number of sulfonamides is 1. The Morgan fingerprint density at radius 3 is 2.67 bits per heavy atom. The Balaban J connectivity index is 1.62. The first kappa shape index (κ1) is 19.4. The van der Waals surface area contributed by atoms with Gasteiger partial charge in [-0.15, -0.1) is 10.2 Å². The molecule has 0 radical (unpaired) electrons. The van der Waals surface area contributed by atoms with E-state index in [9.17, 15) is 13.2 Å². The Hall–Kier alpha value is -2.33. The summed E-state index contributed by atoms with van der Waals surface area (Å²) in [5, 5.41) is 16.6. The van der Waals surface area contributed by atoms with E-state index in [0.29, 0.717) is 31.6 Å². The lowest BCUT2D eigenvalue weighted by Gasteiger charge is -2.47. The first-order valence-electron chi connectivity index (χ1n) is 8.97. The van der Waals surface area contributed by atoms with Crippen LogP contribution in [0.15, 0.2) is 30.3 Å². The van der Waals surface area contributed by atoms with E-state index in [4.69, 9.17) is 0 Å². The molecular weight excluding hydrogens is 368 g/mol. The van der Waals surface area contributed by atoms with E-state index in [2.05, 4.69) is 25.9 Å². The van der Waals surface area contributed by atoms with Gasteiger partial charge in [0, 0.05) is 26.1 Å². The highest BCUT2D eigenvalue weighted by Gasteiger charge is 2.52. The normalized spacial score (nSPS) is 16.6. The van der Waals surface area contributed by atoms with Crippen LogP contribution in [0, 0.1) is 5.41 Å². The standard InChI is InChI=1S/C17H24N6O3S/c1-2-27(25,26)23-12-17(13-23,11-14-7-4-3-5-8-14)16(24)18-10-6-9-15-19-21-22-20-15/h3-5,7-8H,2,6,9-13H2,1H3,(H,18,24)(H,19,20,21,22). The third-order valence-electron chi connectivity index (χ3n) is 4.84. The summed E-state index contributed by atoms with van der Waals surface area (Å²) in [7, 11) is -3.29. The number of carbonyl (C=O) groups excluding carboxylic acids is 1. The van der Waals surface area contributed by atoms with Gasteiger partial charge in [-0.25, -0.2) is 8.42 Å². The number of aromatic amines is 1. The maximum absolute atomic E-state index is 12.9. The van der Waals surface area contributed by atoms with Gasteiger partial charge < -0.3 is 5.32 Å². The molecule has 1 aromatic heterocycles. The van der Waals surface area contributed by atoms with E-state index in [1.807, 2.05) is 30.3 Å². The van der Waals surface area contributed by atoms with Crippen LogP contribution in [0.25, 0.3) is 0 Å². The number of rotatable bonds is 9. The number of nitrogens with one attached hydrogen (secondary N) is 2. The van der Waals surface area contributed by atoms with Crippen molar-refractivity contribution in [1.82, 2.24) is 30.2 Å². The molecule has 2 N–H and O–H groups in total. The van der Waals surface area contributed by atoms with Crippen molar-refractivity contribution in [3.63, 3.8) is 0 Å². The van der Waals surface area contributed by atoms with E-state index in [0.717, 1.165) is 5.56 Å². The van der Waals surface area contributed by atoms with Crippen molar-refractivity contribution in [2.45, 2.75) is 26.2 Å². The molecule has 9 nitrogen and oxygen atoms in total. The summed E-state index contributed by atoms with van der Waals surface area (Å²) in [5.41, 5.74) is 0.295. The van der Waals surface area contributed by atoms with Crippen LogP contribution in [0.2, 0.25) is 0 Å². The van der Waals surface area contributed by atoms with Crippen molar-refractivity contribution in [3.05, 3.63) is 41.7 Å². The number of tetrazole rings is 1. The van der Waals surface area contributed by atoms with Crippen molar-refractivity contribution in [2.75, 3.05) is 25.4 Å². The number of aryl methyl sites for hydroxylation is 1. The molecule has 10 heteroatoms. The van der Waals surface area contributed by atoms with Crippen LogP contribution in [-0.2, 0) is 27.7 Å². The Bertz CT molecular complexity index is 848. The van der Waals surface area contributed by atoms with Crippen molar-refractivity contribution in [1.29, 1.82) is 0 Å². The highest BCUT2D eigenvalue weighted by Crippen LogP contribution is 2.36.